The molecular weight excluding hydrogens is 365 g/mol. The van der Waals surface area contributed by atoms with E-state index < -0.39 is 34.0 Å². The summed E-state index contributed by atoms with van der Waals surface area (Å²) < 4.78 is 51.9. The third-order valence-electron chi connectivity index (χ3n) is 4.25. The average molecular weight is 389 g/mol. The predicted molar refractivity (Wildman–Crippen MR) is 92.1 cm³/mol. The number of nitrogens with zero attached hydrogens (tertiary/aromatic N) is 1. The molecule has 1 heterocycles. The van der Waals surface area contributed by atoms with Gasteiger partial charge in [0.15, 0.2) is 18.2 Å². The number of ether oxygens (including phenoxy) is 2. The standard InChI is InChI=1S/C17H24FNO6S/c1-4-19(12-7-8-25-17(2,3)10-12)26(22,23)13-5-6-15(14(18)9-13)24-11-16(20)21/h5-6,9,12H,4,7-8,10-11H2,1-3H3,(H,20,21). The van der Waals surface area contributed by atoms with Gasteiger partial charge in [-0.3, -0.25) is 0 Å². The van der Waals surface area contributed by atoms with Crippen molar-refractivity contribution in [3.63, 3.8) is 0 Å². The second-order valence-corrected chi connectivity index (χ2v) is 8.63. The molecule has 0 saturated carbocycles. The van der Waals surface area contributed by atoms with Crippen LogP contribution < -0.4 is 4.74 Å². The van der Waals surface area contributed by atoms with Crippen molar-refractivity contribution in [3.8, 4) is 5.75 Å². The van der Waals surface area contributed by atoms with E-state index in [2.05, 4.69) is 0 Å². The van der Waals surface area contributed by atoms with Gasteiger partial charge < -0.3 is 14.6 Å². The first kappa shape index (κ1) is 20.6. The Morgan fingerprint density at radius 3 is 2.69 bits per heavy atom. The van der Waals surface area contributed by atoms with Gasteiger partial charge in [0.1, 0.15) is 0 Å². The van der Waals surface area contributed by atoms with Crippen molar-refractivity contribution in [1.29, 1.82) is 0 Å². The second-order valence-electron chi connectivity index (χ2n) is 6.74. The SMILES string of the molecule is CCN(C1CCOC(C)(C)C1)S(=O)(=O)c1ccc(OCC(=O)O)c(F)c1. The van der Waals surface area contributed by atoms with Crippen molar-refractivity contribution >= 4 is 16.0 Å². The number of carbonyl (C=O) groups is 1. The number of carboxylic acids is 1. The molecule has 26 heavy (non-hydrogen) atoms. The van der Waals surface area contributed by atoms with Gasteiger partial charge >= 0.3 is 5.97 Å². The maximum absolute atomic E-state index is 14.1. The summed E-state index contributed by atoms with van der Waals surface area (Å²) in [5, 5.41) is 8.58. The van der Waals surface area contributed by atoms with Gasteiger partial charge in [-0.25, -0.2) is 17.6 Å². The Morgan fingerprint density at radius 2 is 2.15 bits per heavy atom. The van der Waals surface area contributed by atoms with Gasteiger partial charge in [-0.2, -0.15) is 4.31 Å². The molecule has 9 heteroatoms. The number of halogens is 1. The molecule has 1 N–H and O–H groups in total. The van der Waals surface area contributed by atoms with Crippen LogP contribution in [-0.2, 0) is 19.6 Å². The summed E-state index contributed by atoms with van der Waals surface area (Å²) in [5.41, 5.74) is -0.425. The number of carboxylic acid groups (broad SMARTS) is 1. The molecule has 146 valence electrons. The van der Waals surface area contributed by atoms with Crippen molar-refractivity contribution in [3.05, 3.63) is 24.0 Å². The van der Waals surface area contributed by atoms with Gasteiger partial charge in [0.2, 0.25) is 10.0 Å². The third-order valence-corrected chi connectivity index (χ3v) is 6.27. The molecular formula is C17H24FNO6S. The van der Waals surface area contributed by atoms with Gasteiger partial charge in [-0.1, -0.05) is 6.92 Å². The Morgan fingerprint density at radius 1 is 1.46 bits per heavy atom. The van der Waals surface area contributed by atoms with E-state index in [1.54, 1.807) is 6.92 Å². The van der Waals surface area contributed by atoms with E-state index in [1.165, 1.54) is 10.4 Å². The lowest BCUT2D eigenvalue weighted by Gasteiger charge is -2.40. The van der Waals surface area contributed by atoms with Gasteiger partial charge in [-0.05, 0) is 44.9 Å². The first-order valence-electron chi connectivity index (χ1n) is 8.37. The maximum atomic E-state index is 14.1. The molecule has 7 nitrogen and oxygen atoms in total. The van der Waals surface area contributed by atoms with Crippen LogP contribution in [0.2, 0.25) is 0 Å². The minimum absolute atomic E-state index is 0.191. The molecule has 1 unspecified atom stereocenters. The van der Waals surface area contributed by atoms with Crippen molar-refractivity contribution in [2.75, 3.05) is 19.8 Å². The van der Waals surface area contributed by atoms with E-state index in [0.29, 0.717) is 19.4 Å². The number of benzene rings is 1. The van der Waals surface area contributed by atoms with Crippen LogP contribution in [0.1, 0.15) is 33.6 Å². The number of aliphatic carboxylic acids is 1. The summed E-state index contributed by atoms with van der Waals surface area (Å²) in [6.45, 7) is 5.56. The molecule has 0 aromatic heterocycles. The lowest BCUT2D eigenvalue weighted by Crippen LogP contribution is -2.48. The monoisotopic (exact) mass is 389 g/mol. The summed E-state index contributed by atoms with van der Waals surface area (Å²) in [7, 11) is -3.91. The van der Waals surface area contributed by atoms with Crippen LogP contribution in [0.3, 0.4) is 0 Å². The average Bonchev–Trinajstić information content (AvgIpc) is 2.53. The number of sulfonamides is 1. The molecule has 0 amide bonds. The Labute approximate surface area is 152 Å². The highest BCUT2D eigenvalue weighted by molar-refractivity contribution is 7.89. The summed E-state index contributed by atoms with van der Waals surface area (Å²) in [6, 6.07) is 2.98. The molecule has 1 fully saturated rings. The molecule has 0 bridgehead atoms. The van der Waals surface area contributed by atoms with Crippen LogP contribution in [0.4, 0.5) is 4.39 Å². The molecule has 1 atom stereocenters. The first-order valence-corrected chi connectivity index (χ1v) is 9.81. The Kier molecular flexibility index (Phi) is 6.25. The van der Waals surface area contributed by atoms with E-state index >= 15 is 0 Å². The fourth-order valence-corrected chi connectivity index (χ4v) is 4.78. The van der Waals surface area contributed by atoms with E-state index in [1.807, 2.05) is 13.8 Å². The lowest BCUT2D eigenvalue weighted by molar-refractivity contribution is -0.139. The molecule has 1 aliphatic rings. The van der Waals surface area contributed by atoms with E-state index in [-0.39, 0.29) is 23.2 Å². The van der Waals surface area contributed by atoms with Crippen LogP contribution in [-0.4, -0.2) is 55.2 Å². The quantitative estimate of drug-likeness (QED) is 0.769. The molecule has 0 radical (unpaired) electrons. The topological polar surface area (TPSA) is 93.1 Å². The van der Waals surface area contributed by atoms with Crippen LogP contribution in [0.25, 0.3) is 0 Å². The van der Waals surface area contributed by atoms with Crippen molar-refractivity contribution < 1.29 is 32.2 Å². The largest absolute Gasteiger partial charge is 0.479 e. The van der Waals surface area contributed by atoms with E-state index in [9.17, 15) is 17.6 Å². The highest BCUT2D eigenvalue weighted by atomic mass is 32.2. The van der Waals surface area contributed by atoms with Crippen molar-refractivity contribution in [2.24, 2.45) is 0 Å². The maximum Gasteiger partial charge on any atom is 0.341 e. The Balaban J connectivity index is 2.27. The first-order chi connectivity index (χ1) is 12.1. The van der Waals surface area contributed by atoms with Gasteiger partial charge in [-0.15, -0.1) is 0 Å². The van der Waals surface area contributed by atoms with E-state index in [0.717, 1.165) is 12.1 Å². The van der Waals surface area contributed by atoms with Crippen LogP contribution in [0, 0.1) is 5.82 Å². The minimum Gasteiger partial charge on any atom is -0.479 e. The summed E-state index contributed by atoms with van der Waals surface area (Å²) in [5.74, 6) is -2.47. The second kappa shape index (κ2) is 7.89. The summed E-state index contributed by atoms with van der Waals surface area (Å²) >= 11 is 0. The van der Waals surface area contributed by atoms with Crippen molar-refractivity contribution in [2.45, 2.75) is 50.2 Å². The minimum atomic E-state index is -3.91. The molecule has 1 aromatic rings. The molecule has 0 aliphatic carbocycles. The number of hydrogen-bond donors (Lipinski definition) is 1. The van der Waals surface area contributed by atoms with Crippen LogP contribution >= 0.6 is 0 Å². The lowest BCUT2D eigenvalue weighted by atomic mass is 9.94. The Bertz CT molecular complexity index is 765. The molecule has 1 saturated heterocycles. The smallest absolute Gasteiger partial charge is 0.341 e. The van der Waals surface area contributed by atoms with Gasteiger partial charge in [0.25, 0.3) is 0 Å². The number of rotatable bonds is 7. The zero-order valence-corrected chi connectivity index (χ0v) is 15.9. The summed E-state index contributed by atoms with van der Waals surface area (Å²) in [4.78, 5) is 10.3. The fourth-order valence-electron chi connectivity index (χ4n) is 3.10. The highest BCUT2D eigenvalue weighted by Gasteiger charge is 2.37. The molecule has 1 aromatic carbocycles. The van der Waals surface area contributed by atoms with Crippen LogP contribution in [0.5, 0.6) is 5.75 Å². The molecule has 2 rings (SSSR count). The van der Waals surface area contributed by atoms with Crippen LogP contribution in [0.15, 0.2) is 23.1 Å². The summed E-state index contributed by atoms with van der Waals surface area (Å²) in [6.07, 6.45) is 1.11. The van der Waals surface area contributed by atoms with Gasteiger partial charge in [0.05, 0.1) is 10.5 Å². The third kappa shape index (κ3) is 4.72. The fraction of sp³-hybridized carbons (Fsp3) is 0.588. The van der Waals surface area contributed by atoms with E-state index in [4.69, 9.17) is 14.6 Å². The normalized spacial score (nSPS) is 20.1. The van der Waals surface area contributed by atoms with Crippen molar-refractivity contribution in [1.82, 2.24) is 4.31 Å². The highest BCUT2D eigenvalue weighted by Crippen LogP contribution is 2.31. The Hall–Kier alpha value is -1.71. The predicted octanol–water partition coefficient (Wildman–Crippen LogP) is 2.26. The molecule has 1 aliphatic heterocycles. The van der Waals surface area contributed by atoms with Gasteiger partial charge in [0, 0.05) is 19.2 Å². The zero-order chi connectivity index (χ0) is 19.5. The zero-order valence-electron chi connectivity index (χ0n) is 15.1. The molecule has 0 spiro atoms. The number of hydrogen-bond acceptors (Lipinski definition) is 5.